The number of halogens is 3. The van der Waals surface area contributed by atoms with Crippen molar-refractivity contribution in [2.24, 2.45) is 0 Å². The minimum absolute atomic E-state index is 0.00488. The Morgan fingerprint density at radius 2 is 1.81 bits per heavy atom. The quantitative estimate of drug-likeness (QED) is 0.296. The molecule has 1 fully saturated rings. The lowest BCUT2D eigenvalue weighted by Gasteiger charge is -2.28. The van der Waals surface area contributed by atoms with E-state index >= 15 is 0 Å². The summed E-state index contributed by atoms with van der Waals surface area (Å²) in [6, 6.07) is 4.82. The largest absolute Gasteiger partial charge is 0.447 e. The summed E-state index contributed by atoms with van der Waals surface area (Å²) in [5.74, 6) is 0.175. The second-order valence-electron chi connectivity index (χ2n) is 11.8. The molecule has 0 unspecified atom stereocenters. The zero-order valence-corrected chi connectivity index (χ0v) is 25.8. The van der Waals surface area contributed by atoms with Crippen molar-refractivity contribution in [1.82, 2.24) is 24.8 Å². The number of hydrogen-bond acceptors (Lipinski definition) is 7. The number of thiazole rings is 1. The van der Waals surface area contributed by atoms with Crippen molar-refractivity contribution in [3.05, 3.63) is 41.8 Å². The van der Waals surface area contributed by atoms with Crippen LogP contribution < -0.4 is 10.0 Å². The fraction of sp³-hybridized carbons (Fsp3) is 0.536. The van der Waals surface area contributed by atoms with Gasteiger partial charge in [-0.05, 0) is 71.9 Å². The van der Waals surface area contributed by atoms with Crippen LogP contribution in [0, 0.1) is 0 Å². The Morgan fingerprint density at radius 1 is 1.12 bits per heavy atom. The van der Waals surface area contributed by atoms with Crippen molar-refractivity contribution in [3.8, 4) is 21.6 Å². The lowest BCUT2D eigenvalue weighted by molar-refractivity contribution is -0.142. The van der Waals surface area contributed by atoms with Gasteiger partial charge in [-0.1, -0.05) is 12.1 Å². The third-order valence-electron chi connectivity index (χ3n) is 6.55. The SMILES string of the molecule is CC(C)OC(=O)N[C@H]1CC[C@H](c2ncc(-c3ccc(-c4cnn(CC(F)(F)F)c4)cc3S(=O)(=O)NC(C)(C)C)s2)CC1. The average Bonchev–Trinajstić information content (AvgIpc) is 3.51. The van der Waals surface area contributed by atoms with Crippen LogP contribution in [0.1, 0.15) is 71.2 Å². The van der Waals surface area contributed by atoms with Gasteiger partial charge in [0.1, 0.15) is 6.54 Å². The van der Waals surface area contributed by atoms with Gasteiger partial charge >= 0.3 is 12.3 Å². The molecular weight excluding hydrogens is 591 g/mol. The highest BCUT2D eigenvalue weighted by Crippen LogP contribution is 2.40. The molecule has 2 N–H and O–H groups in total. The summed E-state index contributed by atoms with van der Waals surface area (Å²) in [4.78, 5) is 17.3. The van der Waals surface area contributed by atoms with Gasteiger partial charge in [-0.15, -0.1) is 11.3 Å². The normalized spacial score (nSPS) is 18.3. The van der Waals surface area contributed by atoms with E-state index in [9.17, 15) is 26.4 Å². The summed E-state index contributed by atoms with van der Waals surface area (Å²) in [6.07, 6.45) is 2.34. The molecule has 1 aromatic carbocycles. The minimum Gasteiger partial charge on any atom is -0.447 e. The zero-order valence-electron chi connectivity index (χ0n) is 24.2. The predicted molar refractivity (Wildman–Crippen MR) is 155 cm³/mol. The first kappa shape index (κ1) is 32.0. The Hall–Kier alpha value is -2.97. The lowest BCUT2D eigenvalue weighted by Crippen LogP contribution is -2.40. The topological polar surface area (TPSA) is 115 Å². The molecule has 0 radical (unpaired) electrons. The van der Waals surface area contributed by atoms with Crippen molar-refractivity contribution >= 4 is 27.5 Å². The van der Waals surface area contributed by atoms with Crippen LogP contribution in [0.25, 0.3) is 21.6 Å². The number of amides is 1. The van der Waals surface area contributed by atoms with E-state index in [-0.39, 0.29) is 23.0 Å². The van der Waals surface area contributed by atoms with Crippen LogP contribution in [0.3, 0.4) is 0 Å². The summed E-state index contributed by atoms with van der Waals surface area (Å²) < 4.78 is 74.3. The van der Waals surface area contributed by atoms with E-state index in [1.54, 1.807) is 52.9 Å². The molecule has 1 aliphatic carbocycles. The number of carbonyl (C=O) groups is 1. The zero-order chi connectivity index (χ0) is 30.9. The van der Waals surface area contributed by atoms with Crippen LogP contribution in [0.2, 0.25) is 0 Å². The molecule has 2 aromatic heterocycles. The molecule has 4 rings (SSSR count). The molecular formula is C28H36F3N5O4S2. The van der Waals surface area contributed by atoms with Crippen molar-refractivity contribution in [1.29, 1.82) is 0 Å². The van der Waals surface area contributed by atoms with Crippen molar-refractivity contribution in [2.75, 3.05) is 0 Å². The van der Waals surface area contributed by atoms with Crippen LogP contribution in [0.5, 0.6) is 0 Å². The van der Waals surface area contributed by atoms with Crippen LogP contribution in [0.4, 0.5) is 18.0 Å². The first-order valence-corrected chi connectivity index (χ1v) is 16.0. The Morgan fingerprint density at radius 3 is 2.43 bits per heavy atom. The number of nitrogens with one attached hydrogen (secondary N) is 2. The number of aromatic nitrogens is 3. The van der Waals surface area contributed by atoms with Crippen LogP contribution in [-0.2, 0) is 21.3 Å². The maximum atomic E-state index is 13.6. The number of benzene rings is 1. The van der Waals surface area contributed by atoms with Gasteiger partial charge in [0, 0.05) is 41.0 Å². The second-order valence-corrected chi connectivity index (χ2v) is 14.5. The van der Waals surface area contributed by atoms with E-state index in [1.165, 1.54) is 29.8 Å². The lowest BCUT2D eigenvalue weighted by atomic mass is 9.86. The molecule has 1 amide bonds. The van der Waals surface area contributed by atoms with E-state index in [4.69, 9.17) is 4.74 Å². The van der Waals surface area contributed by atoms with Gasteiger partial charge < -0.3 is 10.1 Å². The van der Waals surface area contributed by atoms with Crippen molar-refractivity contribution in [3.63, 3.8) is 0 Å². The maximum Gasteiger partial charge on any atom is 0.408 e. The van der Waals surface area contributed by atoms with Gasteiger partial charge in [-0.3, -0.25) is 4.68 Å². The number of ether oxygens (including phenoxy) is 1. The Labute approximate surface area is 247 Å². The first-order valence-electron chi connectivity index (χ1n) is 13.7. The number of hydrogen-bond donors (Lipinski definition) is 2. The van der Waals surface area contributed by atoms with Crippen LogP contribution in [-0.4, -0.2) is 53.1 Å². The fourth-order valence-corrected chi connectivity index (χ4v) is 7.73. The smallest absolute Gasteiger partial charge is 0.408 e. The van der Waals surface area contributed by atoms with E-state index in [0.717, 1.165) is 35.4 Å². The molecule has 0 aliphatic heterocycles. The average molecular weight is 628 g/mol. The number of nitrogens with zero attached hydrogens (tertiary/aromatic N) is 3. The number of alkyl carbamates (subject to hydrolysis) is 1. The third-order valence-corrected chi connectivity index (χ3v) is 9.54. The highest BCUT2D eigenvalue weighted by atomic mass is 32.2. The number of rotatable bonds is 8. The summed E-state index contributed by atoms with van der Waals surface area (Å²) in [7, 11) is -4.02. The number of sulfonamides is 1. The third kappa shape index (κ3) is 8.54. The van der Waals surface area contributed by atoms with E-state index in [0.29, 0.717) is 21.6 Å². The Kier molecular flexibility index (Phi) is 9.38. The van der Waals surface area contributed by atoms with Gasteiger partial charge in [0.2, 0.25) is 10.0 Å². The van der Waals surface area contributed by atoms with Crippen molar-refractivity contribution in [2.45, 2.75) is 102 Å². The predicted octanol–water partition coefficient (Wildman–Crippen LogP) is 6.47. The van der Waals surface area contributed by atoms with Gasteiger partial charge in [-0.2, -0.15) is 18.3 Å². The Bertz CT molecular complexity index is 1500. The number of carbonyl (C=O) groups excluding carboxylic acids is 1. The number of alkyl halides is 3. The molecule has 9 nitrogen and oxygen atoms in total. The summed E-state index contributed by atoms with van der Waals surface area (Å²) in [5.41, 5.74) is 0.476. The molecule has 2 heterocycles. The van der Waals surface area contributed by atoms with Crippen LogP contribution >= 0.6 is 11.3 Å². The molecule has 1 aliphatic rings. The molecule has 42 heavy (non-hydrogen) atoms. The Balaban J connectivity index is 1.59. The van der Waals surface area contributed by atoms with E-state index in [2.05, 4.69) is 20.1 Å². The van der Waals surface area contributed by atoms with Gasteiger partial charge in [0.15, 0.2) is 0 Å². The minimum atomic E-state index is -4.43. The van der Waals surface area contributed by atoms with Gasteiger partial charge in [-0.25, -0.2) is 22.9 Å². The first-order chi connectivity index (χ1) is 19.5. The maximum absolute atomic E-state index is 13.6. The van der Waals surface area contributed by atoms with E-state index in [1.807, 2.05) is 0 Å². The van der Waals surface area contributed by atoms with Crippen LogP contribution in [0.15, 0.2) is 41.7 Å². The summed E-state index contributed by atoms with van der Waals surface area (Å²) in [5, 5.41) is 7.59. The fourth-order valence-electron chi connectivity index (χ4n) is 4.87. The monoisotopic (exact) mass is 627 g/mol. The molecule has 0 atom stereocenters. The molecule has 1 saturated carbocycles. The molecule has 0 spiro atoms. The second kappa shape index (κ2) is 12.3. The standard InChI is InChI=1S/C28H36F3N5O4S2/c1-17(2)40-26(37)34-21-9-6-18(7-10-21)25-32-14-23(41-25)22-11-8-19(12-24(22)42(38,39)35-27(3,4)5)20-13-33-36(15-20)16-28(29,30)31/h8,11-15,17-18,21,35H,6-7,9-10,16H2,1-5H3,(H,34,37)/t18-,21-. The molecule has 0 bridgehead atoms. The molecule has 14 heteroatoms. The summed E-state index contributed by atoms with van der Waals surface area (Å²) >= 11 is 1.42. The summed E-state index contributed by atoms with van der Waals surface area (Å²) in [6.45, 7) is 7.54. The van der Waals surface area contributed by atoms with Crippen molar-refractivity contribution < 1.29 is 31.1 Å². The van der Waals surface area contributed by atoms with Gasteiger partial charge in [0.25, 0.3) is 0 Å². The van der Waals surface area contributed by atoms with E-state index < -0.39 is 34.4 Å². The molecule has 0 saturated heterocycles. The highest BCUT2D eigenvalue weighted by molar-refractivity contribution is 7.89. The van der Waals surface area contributed by atoms with Gasteiger partial charge in [0.05, 0.1) is 27.1 Å². The molecule has 230 valence electrons. The molecule has 3 aromatic rings. The highest BCUT2D eigenvalue weighted by Gasteiger charge is 2.30.